The summed E-state index contributed by atoms with van der Waals surface area (Å²) in [6, 6.07) is 13.9. The quantitative estimate of drug-likeness (QED) is 0.687. The van der Waals surface area contributed by atoms with E-state index in [2.05, 4.69) is 31.9 Å². The molecule has 0 aromatic heterocycles. The number of urea groups is 1. The summed E-state index contributed by atoms with van der Waals surface area (Å²) in [5.41, 5.74) is 1.87. The first-order chi connectivity index (χ1) is 12.6. The normalized spacial score (nSPS) is 16.1. The minimum absolute atomic E-state index is 0.108. The number of ether oxygens (including phenoxy) is 1. The SMILES string of the molecule is O=C(NCC1CCCO1)Nc1ccc(NC(=O)c2cccc(Br)c2)cc1. The van der Waals surface area contributed by atoms with Gasteiger partial charge in [0.2, 0.25) is 0 Å². The number of rotatable bonds is 5. The van der Waals surface area contributed by atoms with Crippen LogP contribution in [0.25, 0.3) is 0 Å². The van der Waals surface area contributed by atoms with Crippen LogP contribution in [0.2, 0.25) is 0 Å². The van der Waals surface area contributed by atoms with Gasteiger partial charge in [-0.1, -0.05) is 22.0 Å². The maximum atomic E-state index is 12.2. The van der Waals surface area contributed by atoms with Crippen molar-refractivity contribution in [2.75, 3.05) is 23.8 Å². The molecule has 0 spiro atoms. The Hall–Kier alpha value is -2.38. The highest BCUT2D eigenvalue weighted by molar-refractivity contribution is 9.10. The number of hydrogen-bond acceptors (Lipinski definition) is 3. The largest absolute Gasteiger partial charge is 0.376 e. The Balaban J connectivity index is 1.49. The van der Waals surface area contributed by atoms with Crippen LogP contribution in [0.5, 0.6) is 0 Å². The number of carbonyl (C=O) groups is 2. The summed E-state index contributed by atoms with van der Waals surface area (Å²) in [5, 5.41) is 8.38. The molecule has 1 saturated heterocycles. The lowest BCUT2D eigenvalue weighted by atomic mass is 10.2. The lowest BCUT2D eigenvalue weighted by molar-refractivity contribution is 0.102. The van der Waals surface area contributed by atoms with Crippen LogP contribution in [0, 0.1) is 0 Å². The average molecular weight is 418 g/mol. The molecule has 7 heteroatoms. The zero-order chi connectivity index (χ0) is 18.4. The summed E-state index contributed by atoms with van der Waals surface area (Å²) in [6.45, 7) is 1.27. The first-order valence-corrected chi connectivity index (χ1v) is 9.23. The van der Waals surface area contributed by atoms with Crippen molar-refractivity contribution in [3.05, 3.63) is 58.6 Å². The molecule has 0 aliphatic carbocycles. The van der Waals surface area contributed by atoms with Gasteiger partial charge in [-0.25, -0.2) is 4.79 Å². The Kier molecular flexibility index (Phi) is 6.25. The lowest BCUT2D eigenvalue weighted by Gasteiger charge is -2.12. The van der Waals surface area contributed by atoms with E-state index >= 15 is 0 Å². The van der Waals surface area contributed by atoms with E-state index in [4.69, 9.17) is 4.74 Å². The molecule has 136 valence electrons. The second-order valence-electron chi connectivity index (χ2n) is 6.01. The van der Waals surface area contributed by atoms with Crippen LogP contribution in [-0.2, 0) is 4.74 Å². The molecular weight excluding hydrogens is 398 g/mol. The summed E-state index contributed by atoms with van der Waals surface area (Å²) in [4.78, 5) is 24.1. The van der Waals surface area contributed by atoms with Gasteiger partial charge in [0.15, 0.2) is 0 Å². The Morgan fingerprint density at radius 1 is 1.08 bits per heavy atom. The molecule has 0 bridgehead atoms. The third kappa shape index (κ3) is 5.31. The summed E-state index contributed by atoms with van der Waals surface area (Å²) in [5.74, 6) is -0.193. The second-order valence-corrected chi connectivity index (χ2v) is 6.93. The van der Waals surface area contributed by atoms with Crippen LogP contribution in [0.15, 0.2) is 53.0 Å². The lowest BCUT2D eigenvalue weighted by Crippen LogP contribution is -2.35. The predicted octanol–water partition coefficient (Wildman–Crippen LogP) is 4.00. The highest BCUT2D eigenvalue weighted by atomic mass is 79.9. The molecule has 1 heterocycles. The smallest absolute Gasteiger partial charge is 0.319 e. The van der Waals surface area contributed by atoms with Gasteiger partial charge in [0.25, 0.3) is 5.91 Å². The number of benzene rings is 2. The molecular formula is C19H20BrN3O3. The van der Waals surface area contributed by atoms with Crippen LogP contribution in [-0.4, -0.2) is 31.2 Å². The first kappa shape index (κ1) is 18.4. The molecule has 0 saturated carbocycles. The minimum atomic E-state index is -0.272. The molecule has 2 aromatic carbocycles. The van der Waals surface area contributed by atoms with Gasteiger partial charge in [0.05, 0.1) is 6.10 Å². The molecule has 26 heavy (non-hydrogen) atoms. The molecule has 1 atom stereocenters. The molecule has 1 unspecified atom stereocenters. The Bertz CT molecular complexity index is 774. The highest BCUT2D eigenvalue weighted by Gasteiger charge is 2.16. The Morgan fingerprint density at radius 2 is 1.81 bits per heavy atom. The number of carbonyl (C=O) groups excluding carboxylic acids is 2. The summed E-state index contributed by atoms with van der Waals surface area (Å²) in [6.07, 6.45) is 2.13. The fraction of sp³-hybridized carbons (Fsp3) is 0.263. The van der Waals surface area contributed by atoms with Crippen molar-refractivity contribution in [2.45, 2.75) is 18.9 Å². The zero-order valence-electron chi connectivity index (χ0n) is 14.1. The van der Waals surface area contributed by atoms with Crippen LogP contribution in [0.3, 0.4) is 0 Å². The maximum absolute atomic E-state index is 12.2. The molecule has 0 radical (unpaired) electrons. The number of anilines is 2. The molecule has 1 aliphatic heterocycles. The van der Waals surface area contributed by atoms with Crippen molar-refractivity contribution in [1.29, 1.82) is 0 Å². The molecule has 3 amide bonds. The van der Waals surface area contributed by atoms with Crippen molar-refractivity contribution >= 4 is 39.2 Å². The van der Waals surface area contributed by atoms with E-state index < -0.39 is 0 Å². The van der Waals surface area contributed by atoms with E-state index in [1.165, 1.54) is 0 Å². The molecule has 1 fully saturated rings. The molecule has 6 nitrogen and oxygen atoms in total. The Labute approximate surface area is 160 Å². The highest BCUT2D eigenvalue weighted by Crippen LogP contribution is 2.17. The van der Waals surface area contributed by atoms with Crippen molar-refractivity contribution in [3.63, 3.8) is 0 Å². The van der Waals surface area contributed by atoms with Gasteiger partial charge >= 0.3 is 6.03 Å². The summed E-state index contributed by atoms with van der Waals surface area (Å²) in [7, 11) is 0. The van der Waals surface area contributed by atoms with Crippen molar-refractivity contribution in [3.8, 4) is 0 Å². The van der Waals surface area contributed by atoms with E-state index in [1.807, 2.05) is 6.07 Å². The fourth-order valence-corrected chi connectivity index (χ4v) is 3.06. The molecule has 2 aromatic rings. The molecule has 3 rings (SSSR count). The first-order valence-electron chi connectivity index (χ1n) is 8.43. The number of nitrogens with one attached hydrogen (secondary N) is 3. The van der Waals surface area contributed by atoms with E-state index in [1.54, 1.807) is 42.5 Å². The van der Waals surface area contributed by atoms with Gasteiger partial charge in [-0.05, 0) is 55.3 Å². The van der Waals surface area contributed by atoms with Crippen LogP contribution in [0.1, 0.15) is 23.2 Å². The van der Waals surface area contributed by atoms with E-state index in [0.717, 1.165) is 23.9 Å². The molecule has 3 N–H and O–H groups in total. The number of hydrogen-bond donors (Lipinski definition) is 3. The van der Waals surface area contributed by atoms with Crippen molar-refractivity contribution < 1.29 is 14.3 Å². The van der Waals surface area contributed by atoms with Gasteiger partial charge in [-0.3, -0.25) is 4.79 Å². The predicted molar refractivity (Wildman–Crippen MR) is 105 cm³/mol. The summed E-state index contributed by atoms with van der Waals surface area (Å²) >= 11 is 3.35. The van der Waals surface area contributed by atoms with Gasteiger partial charge in [0.1, 0.15) is 0 Å². The van der Waals surface area contributed by atoms with E-state index in [9.17, 15) is 9.59 Å². The van der Waals surface area contributed by atoms with Crippen LogP contribution in [0.4, 0.5) is 16.2 Å². The average Bonchev–Trinajstić information content (AvgIpc) is 3.15. The minimum Gasteiger partial charge on any atom is -0.376 e. The standard InChI is InChI=1S/C19H20BrN3O3/c20-14-4-1-3-13(11-14)18(24)22-15-6-8-16(9-7-15)23-19(25)21-12-17-5-2-10-26-17/h1,3-4,6-9,11,17H,2,5,10,12H2,(H,22,24)(H2,21,23,25). The monoisotopic (exact) mass is 417 g/mol. The fourth-order valence-electron chi connectivity index (χ4n) is 2.66. The van der Waals surface area contributed by atoms with Crippen LogP contribution >= 0.6 is 15.9 Å². The third-order valence-corrected chi connectivity index (χ3v) is 4.49. The zero-order valence-corrected chi connectivity index (χ0v) is 15.7. The van der Waals surface area contributed by atoms with Crippen molar-refractivity contribution in [1.82, 2.24) is 5.32 Å². The van der Waals surface area contributed by atoms with E-state index in [-0.39, 0.29) is 18.0 Å². The van der Waals surface area contributed by atoms with Gasteiger partial charge < -0.3 is 20.7 Å². The summed E-state index contributed by atoms with van der Waals surface area (Å²) < 4.78 is 6.31. The van der Waals surface area contributed by atoms with E-state index in [0.29, 0.717) is 23.5 Å². The molecule has 1 aliphatic rings. The van der Waals surface area contributed by atoms with Gasteiger partial charge in [0, 0.05) is 34.6 Å². The van der Waals surface area contributed by atoms with Crippen LogP contribution < -0.4 is 16.0 Å². The Morgan fingerprint density at radius 3 is 2.46 bits per heavy atom. The van der Waals surface area contributed by atoms with Crippen molar-refractivity contribution in [2.24, 2.45) is 0 Å². The van der Waals surface area contributed by atoms with Gasteiger partial charge in [-0.15, -0.1) is 0 Å². The number of halogens is 1. The number of amides is 3. The topological polar surface area (TPSA) is 79.5 Å². The maximum Gasteiger partial charge on any atom is 0.319 e. The second kappa shape index (κ2) is 8.82. The van der Waals surface area contributed by atoms with Gasteiger partial charge in [-0.2, -0.15) is 0 Å². The third-order valence-electron chi connectivity index (χ3n) is 4.00.